The molecule has 0 saturated heterocycles. The zero-order chi connectivity index (χ0) is 18.1. The number of thiophene rings is 1. The number of aliphatic imine (C=N–C) groups is 1. The van der Waals surface area contributed by atoms with E-state index in [1.165, 1.54) is 4.88 Å². The summed E-state index contributed by atoms with van der Waals surface area (Å²) in [5, 5.41) is 8.65. The lowest BCUT2D eigenvalue weighted by molar-refractivity contribution is 0.0954. The number of likely N-dealkylation sites (N-methyl/N-ethyl adjacent to an activating group) is 1. The van der Waals surface area contributed by atoms with E-state index in [0.717, 1.165) is 18.9 Å². The minimum atomic E-state index is -0.173. The molecule has 142 valence electrons. The Morgan fingerprint density at radius 3 is 2.58 bits per heavy atom. The molecule has 2 N–H and O–H groups in total. The number of benzene rings is 1. The van der Waals surface area contributed by atoms with Crippen LogP contribution in [0.5, 0.6) is 0 Å². The summed E-state index contributed by atoms with van der Waals surface area (Å²) in [6.07, 6.45) is 0.984. The van der Waals surface area contributed by atoms with Crippen molar-refractivity contribution in [2.24, 2.45) is 4.99 Å². The summed E-state index contributed by atoms with van der Waals surface area (Å²) in [7, 11) is 3.76. The normalized spacial score (nSPS) is 10.8. The lowest BCUT2D eigenvalue weighted by Gasteiger charge is -2.22. The van der Waals surface area contributed by atoms with Gasteiger partial charge in [0.15, 0.2) is 5.96 Å². The molecule has 0 aliphatic rings. The molecule has 0 aliphatic carbocycles. The second-order valence-electron chi connectivity index (χ2n) is 5.46. The van der Waals surface area contributed by atoms with Crippen molar-refractivity contribution >= 4 is 58.8 Å². The Morgan fingerprint density at radius 2 is 1.92 bits per heavy atom. The van der Waals surface area contributed by atoms with E-state index in [2.05, 4.69) is 38.0 Å². The van der Waals surface area contributed by atoms with Gasteiger partial charge in [0.05, 0.1) is 10.6 Å². The Morgan fingerprint density at radius 1 is 1.19 bits per heavy atom. The first-order chi connectivity index (χ1) is 12.1. The van der Waals surface area contributed by atoms with Gasteiger partial charge in [-0.1, -0.05) is 29.8 Å². The minimum Gasteiger partial charge on any atom is -0.354 e. The van der Waals surface area contributed by atoms with E-state index in [-0.39, 0.29) is 29.9 Å². The van der Waals surface area contributed by atoms with E-state index in [1.54, 1.807) is 42.6 Å². The maximum absolute atomic E-state index is 12.1. The first-order valence-corrected chi connectivity index (χ1v) is 9.34. The number of amides is 1. The average Bonchev–Trinajstić information content (AvgIpc) is 3.13. The van der Waals surface area contributed by atoms with Crippen LogP contribution in [0.3, 0.4) is 0 Å². The third-order valence-corrected chi connectivity index (χ3v) is 4.93. The first kappa shape index (κ1) is 22.7. The maximum atomic E-state index is 12.1. The van der Waals surface area contributed by atoms with Gasteiger partial charge in [0.2, 0.25) is 0 Å². The molecule has 1 heterocycles. The van der Waals surface area contributed by atoms with E-state index in [1.807, 2.05) is 7.05 Å². The van der Waals surface area contributed by atoms with Gasteiger partial charge in [0.1, 0.15) is 0 Å². The van der Waals surface area contributed by atoms with Crippen LogP contribution >= 0.6 is 46.9 Å². The molecule has 0 bridgehead atoms. The summed E-state index contributed by atoms with van der Waals surface area (Å²) in [4.78, 5) is 19.8. The van der Waals surface area contributed by atoms with Crippen LogP contribution in [-0.4, -0.2) is 50.5 Å². The molecule has 1 amide bonds. The van der Waals surface area contributed by atoms with Crippen molar-refractivity contribution in [2.45, 2.75) is 6.42 Å². The van der Waals surface area contributed by atoms with E-state index in [4.69, 9.17) is 11.6 Å². The lowest BCUT2D eigenvalue weighted by Crippen LogP contribution is -2.43. The molecule has 1 aromatic carbocycles. The van der Waals surface area contributed by atoms with E-state index in [0.29, 0.717) is 23.7 Å². The summed E-state index contributed by atoms with van der Waals surface area (Å²) < 4.78 is 0. The topological polar surface area (TPSA) is 56.7 Å². The van der Waals surface area contributed by atoms with Gasteiger partial charge in [-0.3, -0.25) is 9.79 Å². The van der Waals surface area contributed by atoms with Gasteiger partial charge < -0.3 is 15.5 Å². The number of carbonyl (C=O) groups is 1. The van der Waals surface area contributed by atoms with Crippen LogP contribution in [0, 0.1) is 0 Å². The second kappa shape index (κ2) is 12.1. The highest BCUT2D eigenvalue weighted by Crippen LogP contribution is 2.14. The number of halogens is 2. The number of nitrogens with zero attached hydrogens (tertiary/aromatic N) is 2. The van der Waals surface area contributed by atoms with Gasteiger partial charge in [0.25, 0.3) is 5.91 Å². The quantitative estimate of drug-likeness (QED) is 0.262. The van der Waals surface area contributed by atoms with Gasteiger partial charge in [-0.05, 0) is 30.0 Å². The van der Waals surface area contributed by atoms with Crippen LogP contribution in [0.25, 0.3) is 0 Å². The van der Waals surface area contributed by atoms with Gasteiger partial charge >= 0.3 is 0 Å². The highest BCUT2D eigenvalue weighted by Gasteiger charge is 2.09. The summed E-state index contributed by atoms with van der Waals surface area (Å²) in [5.41, 5.74) is 0.488. The molecular formula is C18H24ClIN4OS. The molecule has 0 spiro atoms. The number of hydrogen-bond acceptors (Lipinski definition) is 3. The number of hydrogen-bond donors (Lipinski definition) is 2. The minimum absolute atomic E-state index is 0. The number of rotatable bonds is 7. The van der Waals surface area contributed by atoms with Gasteiger partial charge in [-0.15, -0.1) is 35.3 Å². The van der Waals surface area contributed by atoms with E-state index >= 15 is 0 Å². The molecule has 0 radical (unpaired) electrons. The van der Waals surface area contributed by atoms with Crippen LogP contribution in [0.2, 0.25) is 5.02 Å². The van der Waals surface area contributed by atoms with E-state index < -0.39 is 0 Å². The summed E-state index contributed by atoms with van der Waals surface area (Å²) in [6.45, 7) is 1.96. The largest absolute Gasteiger partial charge is 0.354 e. The predicted octanol–water partition coefficient (Wildman–Crippen LogP) is 3.50. The van der Waals surface area contributed by atoms with Crippen LogP contribution in [0.1, 0.15) is 15.2 Å². The zero-order valence-corrected chi connectivity index (χ0v) is 18.8. The van der Waals surface area contributed by atoms with Crippen molar-refractivity contribution in [3.63, 3.8) is 0 Å². The van der Waals surface area contributed by atoms with Crippen molar-refractivity contribution < 1.29 is 4.79 Å². The number of nitrogens with one attached hydrogen (secondary N) is 2. The zero-order valence-electron chi connectivity index (χ0n) is 14.9. The Bertz CT molecular complexity index is 709. The lowest BCUT2D eigenvalue weighted by atomic mass is 10.2. The molecule has 1 aromatic heterocycles. The molecule has 0 saturated carbocycles. The molecule has 2 rings (SSSR count). The smallest absolute Gasteiger partial charge is 0.252 e. The number of guanidine groups is 1. The van der Waals surface area contributed by atoms with Gasteiger partial charge in [-0.25, -0.2) is 0 Å². The fourth-order valence-corrected chi connectivity index (χ4v) is 3.23. The molecule has 0 unspecified atom stereocenters. The van der Waals surface area contributed by atoms with E-state index in [9.17, 15) is 4.79 Å². The first-order valence-electron chi connectivity index (χ1n) is 8.08. The second-order valence-corrected chi connectivity index (χ2v) is 6.90. The van der Waals surface area contributed by atoms with Crippen LogP contribution in [0.15, 0.2) is 46.8 Å². The Kier molecular flexibility index (Phi) is 10.6. The number of carbonyl (C=O) groups excluding carboxylic acids is 1. The van der Waals surface area contributed by atoms with Crippen molar-refractivity contribution in [2.75, 3.05) is 33.7 Å². The average molecular weight is 507 g/mol. The highest BCUT2D eigenvalue weighted by molar-refractivity contribution is 14.0. The van der Waals surface area contributed by atoms with Gasteiger partial charge in [-0.2, -0.15) is 0 Å². The van der Waals surface area contributed by atoms with Crippen molar-refractivity contribution in [1.29, 1.82) is 0 Å². The fourth-order valence-electron chi connectivity index (χ4n) is 2.31. The summed E-state index contributed by atoms with van der Waals surface area (Å²) in [5.74, 6) is 0.636. The predicted molar refractivity (Wildman–Crippen MR) is 121 cm³/mol. The Balaban J connectivity index is 0.00000338. The Hall–Kier alpha value is -1.32. The van der Waals surface area contributed by atoms with Crippen molar-refractivity contribution in [1.82, 2.24) is 15.5 Å². The molecule has 0 atom stereocenters. The van der Waals surface area contributed by atoms with Crippen LogP contribution in [0.4, 0.5) is 0 Å². The third-order valence-electron chi connectivity index (χ3n) is 3.66. The summed E-state index contributed by atoms with van der Waals surface area (Å²) >= 11 is 7.78. The molecule has 0 fully saturated rings. The third kappa shape index (κ3) is 7.13. The maximum Gasteiger partial charge on any atom is 0.252 e. The molecule has 26 heavy (non-hydrogen) atoms. The Labute approximate surface area is 180 Å². The van der Waals surface area contributed by atoms with Crippen molar-refractivity contribution in [3.8, 4) is 0 Å². The molecule has 0 aliphatic heterocycles. The standard InChI is InChI=1S/C18H23ClN4OS.HI/c1-20-18(23(2)12-9-14-6-5-13-25-14)22-11-10-21-17(24)15-7-3-4-8-16(15)19;/h3-8,13H,9-12H2,1-2H3,(H,20,22)(H,21,24);1H. The van der Waals surface area contributed by atoms with Crippen molar-refractivity contribution in [3.05, 3.63) is 57.2 Å². The van der Waals surface area contributed by atoms with Crippen LogP contribution in [-0.2, 0) is 6.42 Å². The highest BCUT2D eigenvalue weighted by atomic mass is 127. The van der Waals surface area contributed by atoms with Crippen LogP contribution < -0.4 is 10.6 Å². The van der Waals surface area contributed by atoms with Gasteiger partial charge in [0, 0.05) is 38.6 Å². The SMILES string of the molecule is CN=C(NCCNC(=O)c1ccccc1Cl)N(C)CCc1cccs1.I. The molecular weight excluding hydrogens is 483 g/mol. The molecule has 8 heteroatoms. The molecule has 5 nitrogen and oxygen atoms in total. The summed E-state index contributed by atoms with van der Waals surface area (Å²) in [6, 6.07) is 11.2. The monoisotopic (exact) mass is 506 g/mol. The molecule has 2 aromatic rings. The fraction of sp³-hybridized carbons (Fsp3) is 0.333.